The molecule has 0 spiro atoms. The van der Waals surface area contributed by atoms with Crippen molar-refractivity contribution in [2.24, 2.45) is 0 Å². The van der Waals surface area contributed by atoms with Crippen LogP contribution in [0, 0.1) is 13.8 Å². The number of hydrogen-bond donors (Lipinski definition) is 2. The molecule has 0 heterocycles. The van der Waals surface area contributed by atoms with Crippen LogP contribution in [0.1, 0.15) is 11.1 Å². The Morgan fingerprint density at radius 2 is 1.72 bits per heavy atom. The molecule has 2 N–H and O–H groups in total. The second kappa shape index (κ2) is 9.54. The molecule has 0 aliphatic rings. The van der Waals surface area contributed by atoms with Crippen LogP contribution < -0.4 is 10.1 Å². The number of aryl methyl sites for hydroxylation is 2. The Bertz CT molecular complexity index is 967. The van der Waals surface area contributed by atoms with Crippen LogP contribution in [0.25, 0.3) is 10.8 Å². The van der Waals surface area contributed by atoms with Crippen LogP contribution in [0.5, 0.6) is 5.75 Å². The number of hydrogen-bond acceptors (Lipinski definition) is 4. The van der Waals surface area contributed by atoms with Crippen molar-refractivity contribution in [1.82, 2.24) is 4.90 Å². The molecule has 1 atom stereocenters. The van der Waals surface area contributed by atoms with Crippen molar-refractivity contribution in [3.63, 3.8) is 0 Å². The van der Waals surface area contributed by atoms with Gasteiger partial charge in [0.1, 0.15) is 18.5 Å². The molecule has 0 bridgehead atoms. The first-order valence-electron chi connectivity index (χ1n) is 9.76. The molecule has 0 fully saturated rings. The zero-order valence-electron chi connectivity index (χ0n) is 17.2. The Morgan fingerprint density at radius 3 is 2.45 bits per heavy atom. The number of nitrogens with one attached hydrogen (secondary N) is 1. The second-order valence-corrected chi connectivity index (χ2v) is 7.49. The number of rotatable bonds is 8. The Hall–Kier alpha value is -2.89. The van der Waals surface area contributed by atoms with E-state index in [4.69, 9.17) is 4.74 Å². The zero-order chi connectivity index (χ0) is 20.8. The maximum absolute atomic E-state index is 12.3. The Balaban J connectivity index is 1.47. The molecule has 0 radical (unpaired) electrons. The average molecular weight is 392 g/mol. The molecule has 5 heteroatoms. The van der Waals surface area contributed by atoms with Gasteiger partial charge >= 0.3 is 0 Å². The monoisotopic (exact) mass is 392 g/mol. The van der Waals surface area contributed by atoms with E-state index in [-0.39, 0.29) is 19.1 Å². The van der Waals surface area contributed by atoms with Gasteiger partial charge in [-0.1, -0.05) is 48.5 Å². The predicted octanol–water partition coefficient (Wildman–Crippen LogP) is 3.77. The number of likely N-dealkylation sites (N-methyl/N-ethyl adjacent to an activating group) is 1. The number of carbonyl (C=O) groups is 1. The summed E-state index contributed by atoms with van der Waals surface area (Å²) in [7, 11) is 1.81. The van der Waals surface area contributed by atoms with Crippen LogP contribution in [0.2, 0.25) is 0 Å². The number of aliphatic hydroxyl groups excluding tert-OH is 1. The molecule has 0 aromatic heterocycles. The predicted molar refractivity (Wildman–Crippen MR) is 117 cm³/mol. The summed E-state index contributed by atoms with van der Waals surface area (Å²) < 4.78 is 5.73. The van der Waals surface area contributed by atoms with Crippen LogP contribution in [-0.2, 0) is 4.79 Å². The Kier molecular flexibility index (Phi) is 6.86. The van der Waals surface area contributed by atoms with Gasteiger partial charge in [-0.05, 0) is 54.9 Å². The van der Waals surface area contributed by atoms with Gasteiger partial charge in [-0.15, -0.1) is 0 Å². The number of para-hydroxylation sites is 1. The molecule has 29 heavy (non-hydrogen) atoms. The smallest absolute Gasteiger partial charge is 0.238 e. The quantitative estimate of drug-likeness (QED) is 0.613. The topological polar surface area (TPSA) is 61.8 Å². The molecule has 3 aromatic rings. The SMILES string of the molecule is Cc1cccc(C)c1NC(=O)CN(C)C[C@H](O)COc1ccc2ccccc2c1. The summed E-state index contributed by atoms with van der Waals surface area (Å²) in [6.07, 6.45) is -0.695. The first-order valence-corrected chi connectivity index (χ1v) is 9.76. The lowest BCUT2D eigenvalue weighted by molar-refractivity contribution is -0.117. The van der Waals surface area contributed by atoms with Gasteiger partial charge in [-0.3, -0.25) is 9.69 Å². The van der Waals surface area contributed by atoms with E-state index < -0.39 is 6.10 Å². The minimum Gasteiger partial charge on any atom is -0.491 e. The van der Waals surface area contributed by atoms with E-state index in [1.54, 1.807) is 4.90 Å². The average Bonchev–Trinajstić information content (AvgIpc) is 2.69. The van der Waals surface area contributed by atoms with Gasteiger partial charge in [0.05, 0.1) is 6.54 Å². The number of fused-ring (bicyclic) bond motifs is 1. The van der Waals surface area contributed by atoms with Gasteiger partial charge < -0.3 is 15.2 Å². The highest BCUT2D eigenvalue weighted by Crippen LogP contribution is 2.21. The Labute approximate surface area is 171 Å². The van der Waals surface area contributed by atoms with Crippen molar-refractivity contribution in [2.75, 3.05) is 32.1 Å². The van der Waals surface area contributed by atoms with Crippen molar-refractivity contribution in [3.05, 3.63) is 71.8 Å². The lowest BCUT2D eigenvalue weighted by Crippen LogP contribution is -2.38. The number of ether oxygens (including phenoxy) is 1. The Morgan fingerprint density at radius 1 is 1.03 bits per heavy atom. The van der Waals surface area contributed by atoms with Crippen LogP contribution in [0.3, 0.4) is 0 Å². The minimum absolute atomic E-state index is 0.104. The van der Waals surface area contributed by atoms with E-state index in [2.05, 4.69) is 5.32 Å². The summed E-state index contributed by atoms with van der Waals surface area (Å²) in [4.78, 5) is 14.1. The summed E-state index contributed by atoms with van der Waals surface area (Å²) in [6.45, 7) is 4.65. The third-order valence-electron chi connectivity index (χ3n) is 4.84. The third-order valence-corrected chi connectivity index (χ3v) is 4.84. The van der Waals surface area contributed by atoms with Crippen LogP contribution in [0.4, 0.5) is 5.69 Å². The minimum atomic E-state index is -0.695. The molecule has 0 unspecified atom stereocenters. The number of carbonyl (C=O) groups excluding carboxylic acids is 1. The summed E-state index contributed by atoms with van der Waals surface area (Å²) in [5, 5.41) is 15.5. The van der Waals surface area contributed by atoms with Crippen LogP contribution in [0.15, 0.2) is 60.7 Å². The van der Waals surface area contributed by atoms with E-state index in [9.17, 15) is 9.90 Å². The first-order chi connectivity index (χ1) is 13.9. The molecule has 0 aliphatic heterocycles. The number of benzene rings is 3. The molecule has 0 saturated heterocycles. The standard InChI is InChI=1S/C24H28N2O3/c1-17-7-6-8-18(2)24(17)25-23(28)15-26(3)14-21(27)16-29-22-12-11-19-9-4-5-10-20(19)13-22/h4-13,21,27H,14-16H2,1-3H3,(H,25,28)/t21-/m0/s1. The summed E-state index contributed by atoms with van der Waals surface area (Å²) in [5.41, 5.74) is 2.92. The molecule has 0 aliphatic carbocycles. The highest BCUT2D eigenvalue weighted by atomic mass is 16.5. The van der Waals surface area contributed by atoms with Gasteiger partial charge in [0.25, 0.3) is 0 Å². The lowest BCUT2D eigenvalue weighted by Gasteiger charge is -2.21. The van der Waals surface area contributed by atoms with E-state index >= 15 is 0 Å². The fraction of sp³-hybridized carbons (Fsp3) is 0.292. The summed E-state index contributed by atoms with van der Waals surface area (Å²) >= 11 is 0. The molecule has 3 aromatic carbocycles. The summed E-state index contributed by atoms with van der Waals surface area (Å²) in [6, 6.07) is 19.8. The van der Waals surface area contributed by atoms with Gasteiger partial charge in [-0.25, -0.2) is 0 Å². The molecular weight excluding hydrogens is 364 g/mol. The molecule has 0 saturated carbocycles. The maximum atomic E-state index is 12.3. The first kappa shape index (κ1) is 20.8. The summed E-state index contributed by atoms with van der Waals surface area (Å²) in [5.74, 6) is 0.616. The largest absolute Gasteiger partial charge is 0.491 e. The van der Waals surface area contributed by atoms with Gasteiger partial charge in [0.2, 0.25) is 5.91 Å². The van der Waals surface area contributed by atoms with Crippen LogP contribution in [-0.4, -0.2) is 48.8 Å². The van der Waals surface area contributed by atoms with Crippen molar-refractivity contribution in [2.45, 2.75) is 20.0 Å². The number of anilines is 1. The number of nitrogens with zero attached hydrogens (tertiary/aromatic N) is 1. The van der Waals surface area contributed by atoms with Gasteiger partial charge in [0.15, 0.2) is 0 Å². The molecule has 1 amide bonds. The lowest BCUT2D eigenvalue weighted by atomic mass is 10.1. The zero-order valence-corrected chi connectivity index (χ0v) is 17.2. The maximum Gasteiger partial charge on any atom is 0.238 e. The van der Waals surface area contributed by atoms with Gasteiger partial charge in [0, 0.05) is 12.2 Å². The molecular formula is C24H28N2O3. The van der Waals surface area contributed by atoms with E-state index in [0.717, 1.165) is 33.3 Å². The second-order valence-electron chi connectivity index (χ2n) is 7.49. The normalized spacial score (nSPS) is 12.2. The third kappa shape index (κ3) is 5.79. The van der Waals surface area contributed by atoms with Crippen LogP contribution >= 0.6 is 0 Å². The van der Waals surface area contributed by atoms with Crippen molar-refractivity contribution >= 4 is 22.4 Å². The number of aliphatic hydroxyl groups is 1. The van der Waals surface area contributed by atoms with Crippen molar-refractivity contribution < 1.29 is 14.6 Å². The van der Waals surface area contributed by atoms with Gasteiger partial charge in [-0.2, -0.15) is 0 Å². The van der Waals surface area contributed by atoms with E-state index in [1.807, 2.05) is 81.6 Å². The number of amides is 1. The fourth-order valence-corrected chi connectivity index (χ4v) is 3.36. The van der Waals surface area contributed by atoms with Crippen molar-refractivity contribution in [1.29, 1.82) is 0 Å². The van der Waals surface area contributed by atoms with E-state index in [1.165, 1.54) is 0 Å². The highest BCUT2D eigenvalue weighted by molar-refractivity contribution is 5.93. The van der Waals surface area contributed by atoms with E-state index in [0.29, 0.717) is 6.54 Å². The molecule has 152 valence electrons. The fourth-order valence-electron chi connectivity index (χ4n) is 3.36. The molecule has 5 nitrogen and oxygen atoms in total. The van der Waals surface area contributed by atoms with Crippen molar-refractivity contribution in [3.8, 4) is 5.75 Å². The highest BCUT2D eigenvalue weighted by Gasteiger charge is 2.14. The molecule has 3 rings (SSSR count).